The zero-order valence-corrected chi connectivity index (χ0v) is 13.0. The quantitative estimate of drug-likeness (QED) is 0.786. The molecule has 0 atom stereocenters. The van der Waals surface area contributed by atoms with Crippen LogP contribution in [-0.4, -0.2) is 36.1 Å². The van der Waals surface area contributed by atoms with Crippen LogP contribution >= 0.6 is 0 Å². The summed E-state index contributed by atoms with van der Waals surface area (Å²) in [5.74, 6) is -0.215. The average molecular weight is 326 g/mol. The van der Waals surface area contributed by atoms with Crippen LogP contribution in [0.3, 0.4) is 0 Å². The fourth-order valence-corrected chi connectivity index (χ4v) is 2.96. The fourth-order valence-electron chi connectivity index (χ4n) is 2.96. The van der Waals surface area contributed by atoms with Gasteiger partial charge in [0, 0.05) is 43.2 Å². The van der Waals surface area contributed by atoms with E-state index in [1.165, 1.54) is 18.2 Å². The SMILES string of the molecule is Fc1ccc2c(-c3ccccc3F)nc(N3CCNCC3)nc2c1. The Hall–Kier alpha value is -2.60. The summed E-state index contributed by atoms with van der Waals surface area (Å²) in [7, 11) is 0. The Morgan fingerprint density at radius 3 is 2.54 bits per heavy atom. The Morgan fingerprint density at radius 1 is 0.958 bits per heavy atom. The van der Waals surface area contributed by atoms with E-state index in [4.69, 9.17) is 0 Å². The highest BCUT2D eigenvalue weighted by molar-refractivity contribution is 5.93. The first-order valence-corrected chi connectivity index (χ1v) is 7.90. The van der Waals surface area contributed by atoms with Gasteiger partial charge >= 0.3 is 0 Å². The number of hydrogen-bond acceptors (Lipinski definition) is 4. The van der Waals surface area contributed by atoms with Crippen LogP contribution in [0.1, 0.15) is 0 Å². The topological polar surface area (TPSA) is 41.1 Å². The summed E-state index contributed by atoms with van der Waals surface area (Å²) in [6, 6.07) is 10.8. The van der Waals surface area contributed by atoms with Crippen LogP contribution in [0.5, 0.6) is 0 Å². The van der Waals surface area contributed by atoms with E-state index in [0.717, 1.165) is 26.2 Å². The lowest BCUT2D eigenvalue weighted by Crippen LogP contribution is -2.44. The van der Waals surface area contributed by atoms with Crippen molar-refractivity contribution >= 4 is 16.9 Å². The van der Waals surface area contributed by atoms with E-state index in [1.807, 2.05) is 4.90 Å². The fraction of sp³-hybridized carbons (Fsp3) is 0.222. The van der Waals surface area contributed by atoms with Gasteiger partial charge in [-0.3, -0.25) is 0 Å². The Kier molecular flexibility index (Phi) is 3.82. The Bertz CT molecular complexity index is 891. The zero-order chi connectivity index (χ0) is 16.5. The molecule has 0 spiro atoms. The molecule has 0 aliphatic carbocycles. The van der Waals surface area contributed by atoms with Gasteiger partial charge in [0.1, 0.15) is 11.6 Å². The largest absolute Gasteiger partial charge is 0.338 e. The van der Waals surface area contributed by atoms with E-state index in [-0.39, 0.29) is 11.6 Å². The summed E-state index contributed by atoms with van der Waals surface area (Å²) >= 11 is 0. The Morgan fingerprint density at radius 2 is 1.75 bits per heavy atom. The molecule has 3 aromatic rings. The molecule has 4 rings (SSSR count). The van der Waals surface area contributed by atoms with Crippen LogP contribution in [0.2, 0.25) is 0 Å². The van der Waals surface area contributed by atoms with E-state index in [2.05, 4.69) is 15.3 Å². The van der Waals surface area contributed by atoms with Crippen LogP contribution in [0.15, 0.2) is 42.5 Å². The summed E-state index contributed by atoms with van der Waals surface area (Å²) in [6.45, 7) is 3.19. The molecule has 122 valence electrons. The van der Waals surface area contributed by atoms with Crippen molar-refractivity contribution in [2.45, 2.75) is 0 Å². The lowest BCUT2D eigenvalue weighted by Gasteiger charge is -2.28. The summed E-state index contributed by atoms with van der Waals surface area (Å²) in [5, 5.41) is 3.91. The third-order valence-electron chi connectivity index (χ3n) is 4.18. The number of nitrogens with zero attached hydrogens (tertiary/aromatic N) is 3. The number of anilines is 1. The van der Waals surface area contributed by atoms with Crippen molar-refractivity contribution in [2.75, 3.05) is 31.1 Å². The third-order valence-corrected chi connectivity index (χ3v) is 4.18. The van der Waals surface area contributed by atoms with Gasteiger partial charge in [0.05, 0.1) is 11.2 Å². The molecule has 0 saturated carbocycles. The standard InChI is InChI=1S/C18H16F2N4/c19-12-5-6-14-16(11-12)22-18(24-9-7-21-8-10-24)23-17(14)13-3-1-2-4-15(13)20/h1-6,11,21H,7-10H2. The lowest BCUT2D eigenvalue weighted by atomic mass is 10.1. The molecule has 1 aliphatic rings. The second-order valence-electron chi connectivity index (χ2n) is 5.75. The van der Waals surface area contributed by atoms with Gasteiger partial charge in [-0.25, -0.2) is 18.7 Å². The number of nitrogens with one attached hydrogen (secondary N) is 1. The molecule has 1 aliphatic heterocycles. The molecule has 4 nitrogen and oxygen atoms in total. The van der Waals surface area contributed by atoms with Gasteiger partial charge in [-0.05, 0) is 24.3 Å². The Labute approximate surface area is 138 Å². The van der Waals surface area contributed by atoms with E-state index in [0.29, 0.717) is 28.1 Å². The number of aromatic nitrogens is 2. The number of piperazine rings is 1. The van der Waals surface area contributed by atoms with Crippen LogP contribution in [-0.2, 0) is 0 Å². The summed E-state index contributed by atoms with van der Waals surface area (Å²) < 4.78 is 28.0. The first kappa shape index (κ1) is 15.0. The smallest absolute Gasteiger partial charge is 0.226 e. The number of rotatable bonds is 2. The highest BCUT2D eigenvalue weighted by Crippen LogP contribution is 2.30. The van der Waals surface area contributed by atoms with E-state index >= 15 is 0 Å². The third kappa shape index (κ3) is 2.69. The minimum Gasteiger partial charge on any atom is -0.338 e. The molecule has 1 aromatic heterocycles. The second kappa shape index (κ2) is 6.13. The molecule has 2 aromatic carbocycles. The molecular weight excluding hydrogens is 310 g/mol. The normalized spacial score (nSPS) is 15.0. The van der Waals surface area contributed by atoms with Gasteiger partial charge in [-0.2, -0.15) is 0 Å². The molecule has 0 amide bonds. The summed E-state index contributed by atoms with van der Waals surface area (Å²) in [6.07, 6.45) is 0. The van der Waals surface area contributed by atoms with Crippen LogP contribution < -0.4 is 10.2 Å². The first-order valence-electron chi connectivity index (χ1n) is 7.90. The molecule has 0 unspecified atom stereocenters. The first-order chi connectivity index (χ1) is 11.7. The predicted molar refractivity (Wildman–Crippen MR) is 90.0 cm³/mol. The highest BCUT2D eigenvalue weighted by atomic mass is 19.1. The van der Waals surface area contributed by atoms with Crippen molar-refractivity contribution in [1.29, 1.82) is 0 Å². The lowest BCUT2D eigenvalue weighted by molar-refractivity contribution is 0.580. The summed E-state index contributed by atoms with van der Waals surface area (Å²) in [4.78, 5) is 11.1. The molecule has 1 saturated heterocycles. The predicted octanol–water partition coefficient (Wildman–Crippen LogP) is 2.98. The molecular formula is C18H16F2N4. The van der Waals surface area contributed by atoms with Gasteiger partial charge in [0.25, 0.3) is 0 Å². The van der Waals surface area contributed by atoms with Crippen molar-refractivity contribution in [3.8, 4) is 11.3 Å². The molecule has 1 N–H and O–H groups in total. The zero-order valence-electron chi connectivity index (χ0n) is 13.0. The minimum atomic E-state index is -0.369. The molecule has 6 heteroatoms. The minimum absolute atomic E-state index is 0.354. The van der Waals surface area contributed by atoms with Gasteiger partial charge in [-0.15, -0.1) is 0 Å². The molecule has 1 fully saturated rings. The van der Waals surface area contributed by atoms with Crippen LogP contribution in [0.4, 0.5) is 14.7 Å². The molecule has 0 radical (unpaired) electrons. The van der Waals surface area contributed by atoms with Crippen molar-refractivity contribution in [3.63, 3.8) is 0 Å². The van der Waals surface area contributed by atoms with Crippen LogP contribution in [0, 0.1) is 11.6 Å². The van der Waals surface area contributed by atoms with Crippen molar-refractivity contribution in [3.05, 3.63) is 54.1 Å². The second-order valence-corrected chi connectivity index (χ2v) is 5.75. The highest BCUT2D eigenvalue weighted by Gasteiger charge is 2.18. The van der Waals surface area contributed by atoms with Crippen molar-refractivity contribution in [2.24, 2.45) is 0 Å². The average Bonchev–Trinajstić information content (AvgIpc) is 2.62. The van der Waals surface area contributed by atoms with Crippen molar-refractivity contribution in [1.82, 2.24) is 15.3 Å². The maximum Gasteiger partial charge on any atom is 0.226 e. The number of halogens is 2. The van der Waals surface area contributed by atoms with Crippen LogP contribution in [0.25, 0.3) is 22.2 Å². The van der Waals surface area contributed by atoms with E-state index < -0.39 is 0 Å². The number of benzene rings is 2. The summed E-state index contributed by atoms with van der Waals surface area (Å²) in [5.41, 5.74) is 1.37. The molecule has 24 heavy (non-hydrogen) atoms. The monoisotopic (exact) mass is 326 g/mol. The van der Waals surface area contributed by atoms with Gasteiger partial charge in [0.15, 0.2) is 0 Å². The van der Waals surface area contributed by atoms with E-state index in [9.17, 15) is 8.78 Å². The number of hydrogen-bond donors (Lipinski definition) is 1. The van der Waals surface area contributed by atoms with E-state index in [1.54, 1.807) is 24.3 Å². The molecule has 0 bridgehead atoms. The maximum absolute atomic E-state index is 14.3. The maximum atomic E-state index is 14.3. The van der Waals surface area contributed by atoms with Gasteiger partial charge < -0.3 is 10.2 Å². The number of fused-ring (bicyclic) bond motifs is 1. The van der Waals surface area contributed by atoms with Crippen molar-refractivity contribution < 1.29 is 8.78 Å². The molecule has 2 heterocycles. The van der Waals surface area contributed by atoms with Gasteiger partial charge in [-0.1, -0.05) is 12.1 Å². The van der Waals surface area contributed by atoms with Gasteiger partial charge in [0.2, 0.25) is 5.95 Å². The Balaban J connectivity index is 1.94.